The lowest BCUT2D eigenvalue weighted by atomic mass is 10.1. The highest BCUT2D eigenvalue weighted by atomic mass is 35.5. The van der Waals surface area contributed by atoms with Gasteiger partial charge in [-0.05, 0) is 42.8 Å². The lowest BCUT2D eigenvalue weighted by Gasteiger charge is -2.22. The van der Waals surface area contributed by atoms with Crippen LogP contribution in [0.1, 0.15) is 16.8 Å². The second-order valence-electron chi connectivity index (χ2n) is 6.10. The Bertz CT molecular complexity index is 931. The van der Waals surface area contributed by atoms with E-state index in [4.69, 9.17) is 11.6 Å². The van der Waals surface area contributed by atoms with Crippen molar-refractivity contribution >= 4 is 27.5 Å². The van der Waals surface area contributed by atoms with E-state index in [1.54, 1.807) is 0 Å². The van der Waals surface area contributed by atoms with Gasteiger partial charge in [-0.25, -0.2) is 17.2 Å². The van der Waals surface area contributed by atoms with Crippen molar-refractivity contribution < 1.29 is 22.0 Å². The first-order valence-corrected chi connectivity index (χ1v) is 10.1. The summed E-state index contributed by atoms with van der Waals surface area (Å²) in [4.78, 5) is 14.0. The zero-order valence-corrected chi connectivity index (χ0v) is 15.8. The van der Waals surface area contributed by atoms with Gasteiger partial charge in [-0.1, -0.05) is 17.7 Å². The predicted molar refractivity (Wildman–Crippen MR) is 97.1 cm³/mol. The zero-order chi connectivity index (χ0) is 19.6. The molecule has 1 saturated heterocycles. The molecule has 1 fully saturated rings. The van der Waals surface area contributed by atoms with Gasteiger partial charge in [0.1, 0.15) is 11.6 Å². The molecule has 27 heavy (non-hydrogen) atoms. The normalized spacial score (nSPS) is 16.2. The molecule has 0 saturated carbocycles. The SMILES string of the molecule is O=C(c1c(F)cccc1Cl)N1CCCN(S(=O)(=O)c2ccc(F)cc2)CC1. The van der Waals surface area contributed by atoms with Crippen LogP contribution in [0.15, 0.2) is 47.4 Å². The van der Waals surface area contributed by atoms with Gasteiger partial charge >= 0.3 is 0 Å². The van der Waals surface area contributed by atoms with E-state index in [0.29, 0.717) is 6.42 Å². The Morgan fingerprint density at radius 2 is 1.67 bits per heavy atom. The van der Waals surface area contributed by atoms with Gasteiger partial charge in [0.2, 0.25) is 10.0 Å². The lowest BCUT2D eigenvalue weighted by molar-refractivity contribution is 0.0759. The van der Waals surface area contributed by atoms with Crippen molar-refractivity contribution in [2.24, 2.45) is 0 Å². The molecule has 2 aromatic carbocycles. The van der Waals surface area contributed by atoms with Crippen LogP contribution in [0.3, 0.4) is 0 Å². The number of carbonyl (C=O) groups excluding carboxylic acids is 1. The Kier molecular flexibility index (Phi) is 5.78. The van der Waals surface area contributed by atoms with E-state index >= 15 is 0 Å². The summed E-state index contributed by atoms with van der Waals surface area (Å²) in [5.74, 6) is -1.81. The monoisotopic (exact) mass is 414 g/mol. The van der Waals surface area contributed by atoms with Gasteiger partial charge in [-0.2, -0.15) is 4.31 Å². The Hall–Kier alpha value is -2.03. The van der Waals surface area contributed by atoms with Crippen LogP contribution >= 0.6 is 11.6 Å². The molecular formula is C18H17ClF2N2O3S. The highest BCUT2D eigenvalue weighted by Gasteiger charge is 2.30. The summed E-state index contributed by atoms with van der Waals surface area (Å²) in [6, 6.07) is 8.58. The standard InChI is InChI=1S/C18H17ClF2N2O3S/c19-15-3-1-4-16(21)17(15)18(24)22-9-2-10-23(12-11-22)27(25,26)14-7-5-13(20)6-8-14/h1,3-8H,2,9-12H2. The number of carbonyl (C=O) groups is 1. The molecule has 5 nitrogen and oxygen atoms in total. The molecule has 0 bridgehead atoms. The van der Waals surface area contributed by atoms with Crippen LogP contribution in [-0.2, 0) is 10.0 Å². The first-order chi connectivity index (χ1) is 12.8. The second-order valence-corrected chi connectivity index (χ2v) is 8.45. The van der Waals surface area contributed by atoms with Gasteiger partial charge in [-0.3, -0.25) is 4.79 Å². The van der Waals surface area contributed by atoms with E-state index in [0.717, 1.165) is 18.2 Å². The molecule has 2 aromatic rings. The summed E-state index contributed by atoms with van der Waals surface area (Å²) in [7, 11) is -3.80. The molecule has 0 atom stereocenters. The van der Waals surface area contributed by atoms with Crippen molar-refractivity contribution in [3.05, 3.63) is 64.7 Å². The highest BCUT2D eigenvalue weighted by Crippen LogP contribution is 2.23. The number of sulfonamides is 1. The fourth-order valence-electron chi connectivity index (χ4n) is 2.95. The number of amides is 1. The van der Waals surface area contributed by atoms with Crippen LogP contribution in [0.2, 0.25) is 5.02 Å². The van der Waals surface area contributed by atoms with E-state index in [1.165, 1.54) is 33.5 Å². The number of hydrogen-bond donors (Lipinski definition) is 0. The minimum Gasteiger partial charge on any atom is -0.337 e. The molecule has 1 aliphatic rings. The molecule has 3 rings (SSSR count). The fraction of sp³-hybridized carbons (Fsp3) is 0.278. The molecule has 1 heterocycles. The molecule has 144 valence electrons. The minimum atomic E-state index is -3.80. The summed E-state index contributed by atoms with van der Waals surface area (Å²) in [6.45, 7) is 0.634. The number of halogens is 3. The third-order valence-corrected chi connectivity index (χ3v) is 6.60. The largest absolute Gasteiger partial charge is 0.337 e. The molecule has 9 heteroatoms. The molecule has 0 aromatic heterocycles. The first-order valence-electron chi connectivity index (χ1n) is 8.30. The van der Waals surface area contributed by atoms with Crippen molar-refractivity contribution in [2.45, 2.75) is 11.3 Å². The van der Waals surface area contributed by atoms with Crippen molar-refractivity contribution in [1.82, 2.24) is 9.21 Å². The fourth-order valence-corrected chi connectivity index (χ4v) is 4.67. The van der Waals surface area contributed by atoms with Gasteiger partial charge in [0.25, 0.3) is 5.91 Å². The maximum absolute atomic E-state index is 14.0. The molecule has 0 spiro atoms. The molecule has 1 amide bonds. The average molecular weight is 415 g/mol. The quantitative estimate of drug-likeness (QED) is 0.775. The Balaban J connectivity index is 1.77. The Morgan fingerprint density at radius 1 is 0.963 bits per heavy atom. The number of nitrogens with zero attached hydrogens (tertiary/aromatic N) is 2. The third kappa shape index (κ3) is 4.12. The highest BCUT2D eigenvalue weighted by molar-refractivity contribution is 7.89. The summed E-state index contributed by atoms with van der Waals surface area (Å²) in [5.41, 5.74) is -0.214. The minimum absolute atomic E-state index is 0.0131. The van der Waals surface area contributed by atoms with Gasteiger partial charge in [0.15, 0.2) is 0 Å². The van der Waals surface area contributed by atoms with E-state index < -0.39 is 27.6 Å². The second kappa shape index (κ2) is 7.92. The molecule has 0 aliphatic carbocycles. The van der Waals surface area contributed by atoms with Crippen LogP contribution < -0.4 is 0 Å². The van der Waals surface area contributed by atoms with E-state index in [2.05, 4.69) is 0 Å². The smallest absolute Gasteiger partial charge is 0.258 e. The predicted octanol–water partition coefficient (Wildman–Crippen LogP) is 3.16. The van der Waals surface area contributed by atoms with Crippen molar-refractivity contribution in [3.8, 4) is 0 Å². The zero-order valence-electron chi connectivity index (χ0n) is 14.2. The van der Waals surface area contributed by atoms with Crippen LogP contribution in [0, 0.1) is 11.6 Å². The number of hydrogen-bond acceptors (Lipinski definition) is 3. The van der Waals surface area contributed by atoms with Gasteiger partial charge in [-0.15, -0.1) is 0 Å². The molecule has 1 aliphatic heterocycles. The van der Waals surface area contributed by atoms with Crippen molar-refractivity contribution in [3.63, 3.8) is 0 Å². The maximum Gasteiger partial charge on any atom is 0.258 e. The summed E-state index contributed by atoms with van der Waals surface area (Å²) in [5, 5.41) is 0.0139. The van der Waals surface area contributed by atoms with E-state index in [1.807, 2.05) is 0 Å². The van der Waals surface area contributed by atoms with E-state index in [-0.39, 0.29) is 41.7 Å². The Morgan fingerprint density at radius 3 is 2.33 bits per heavy atom. The third-order valence-electron chi connectivity index (χ3n) is 4.37. The van der Waals surface area contributed by atoms with Gasteiger partial charge < -0.3 is 4.90 Å². The topological polar surface area (TPSA) is 57.7 Å². The summed E-state index contributed by atoms with van der Waals surface area (Å²) in [6.07, 6.45) is 0.387. The first kappa shape index (κ1) is 19.7. The van der Waals surface area contributed by atoms with Crippen LogP contribution in [-0.4, -0.2) is 49.7 Å². The maximum atomic E-state index is 14.0. The number of benzene rings is 2. The molecule has 0 N–H and O–H groups in total. The number of rotatable bonds is 3. The van der Waals surface area contributed by atoms with Gasteiger partial charge in [0.05, 0.1) is 15.5 Å². The summed E-state index contributed by atoms with van der Waals surface area (Å²) < 4.78 is 53.8. The molecular weight excluding hydrogens is 398 g/mol. The lowest BCUT2D eigenvalue weighted by Crippen LogP contribution is -2.37. The molecule has 0 radical (unpaired) electrons. The average Bonchev–Trinajstić information content (AvgIpc) is 2.88. The Labute approximate surface area is 161 Å². The van der Waals surface area contributed by atoms with Crippen molar-refractivity contribution in [1.29, 1.82) is 0 Å². The van der Waals surface area contributed by atoms with Gasteiger partial charge in [0, 0.05) is 26.2 Å². The van der Waals surface area contributed by atoms with Crippen LogP contribution in [0.5, 0.6) is 0 Å². The van der Waals surface area contributed by atoms with E-state index in [9.17, 15) is 22.0 Å². The summed E-state index contributed by atoms with van der Waals surface area (Å²) >= 11 is 5.95. The van der Waals surface area contributed by atoms with Crippen LogP contribution in [0.4, 0.5) is 8.78 Å². The molecule has 0 unspecified atom stereocenters. The van der Waals surface area contributed by atoms with Crippen molar-refractivity contribution in [2.75, 3.05) is 26.2 Å². The van der Waals surface area contributed by atoms with Crippen LogP contribution in [0.25, 0.3) is 0 Å².